The molecule has 6 nitrogen and oxygen atoms in total. The summed E-state index contributed by atoms with van der Waals surface area (Å²) in [5.41, 5.74) is 3.67. The molecule has 0 fully saturated rings. The second-order valence-electron chi connectivity index (χ2n) is 6.45. The molecule has 0 saturated heterocycles. The lowest BCUT2D eigenvalue weighted by atomic mass is 10.0. The van der Waals surface area contributed by atoms with Crippen LogP contribution in [0.3, 0.4) is 0 Å². The summed E-state index contributed by atoms with van der Waals surface area (Å²) >= 11 is 0. The number of Topliss-reactive ketones (excluding diaryl/α,β-unsaturated/α-hetero) is 1. The Morgan fingerprint density at radius 1 is 0.897 bits per heavy atom. The summed E-state index contributed by atoms with van der Waals surface area (Å²) in [6, 6.07) is 15.2. The Balaban J connectivity index is 1.71. The van der Waals surface area contributed by atoms with Gasteiger partial charge in [-0.15, -0.1) is 0 Å². The number of ether oxygens (including phenoxy) is 3. The minimum atomic E-state index is 0.0565. The molecule has 0 aliphatic heterocycles. The van der Waals surface area contributed by atoms with Crippen molar-refractivity contribution in [1.29, 1.82) is 0 Å². The molecular formula is C23H24N2O4. The molecule has 0 radical (unpaired) electrons. The average molecular weight is 392 g/mol. The van der Waals surface area contributed by atoms with Crippen molar-refractivity contribution in [3.05, 3.63) is 65.9 Å². The first-order chi connectivity index (χ1) is 14.0. The van der Waals surface area contributed by atoms with Gasteiger partial charge < -0.3 is 19.5 Å². The van der Waals surface area contributed by atoms with Gasteiger partial charge in [0.2, 0.25) is 5.75 Å². The first kappa shape index (κ1) is 20.2. The minimum Gasteiger partial charge on any atom is -0.493 e. The molecule has 2 aromatic carbocycles. The zero-order chi connectivity index (χ0) is 20.8. The van der Waals surface area contributed by atoms with Crippen LogP contribution in [0.25, 0.3) is 11.1 Å². The van der Waals surface area contributed by atoms with E-state index < -0.39 is 0 Å². The SMILES string of the molecule is COc1cc(CNc2ccc(-c3ccc(C(C)=O)cc3)cn2)cc(OC)c1OC. The maximum Gasteiger partial charge on any atom is 0.203 e. The number of aromatic nitrogens is 1. The number of rotatable bonds is 8. The van der Waals surface area contributed by atoms with Crippen LogP contribution in [0.2, 0.25) is 0 Å². The van der Waals surface area contributed by atoms with Crippen molar-refractivity contribution >= 4 is 11.6 Å². The van der Waals surface area contributed by atoms with Crippen LogP contribution in [-0.2, 0) is 6.54 Å². The van der Waals surface area contributed by atoms with Crippen molar-refractivity contribution in [1.82, 2.24) is 4.98 Å². The molecule has 0 aliphatic carbocycles. The minimum absolute atomic E-state index is 0.0565. The molecule has 1 aromatic heterocycles. The van der Waals surface area contributed by atoms with Crippen molar-refractivity contribution in [2.24, 2.45) is 0 Å². The Bertz CT molecular complexity index is 958. The van der Waals surface area contributed by atoms with Crippen LogP contribution in [0.5, 0.6) is 17.2 Å². The normalized spacial score (nSPS) is 10.3. The van der Waals surface area contributed by atoms with E-state index in [1.54, 1.807) is 34.4 Å². The van der Waals surface area contributed by atoms with E-state index in [2.05, 4.69) is 10.3 Å². The number of pyridine rings is 1. The Labute approximate surface area is 170 Å². The molecule has 150 valence electrons. The number of nitrogens with zero attached hydrogens (tertiary/aromatic N) is 1. The van der Waals surface area contributed by atoms with Gasteiger partial charge in [-0.05, 0) is 42.3 Å². The summed E-state index contributed by atoms with van der Waals surface area (Å²) in [4.78, 5) is 15.9. The number of methoxy groups -OCH3 is 3. The lowest BCUT2D eigenvalue weighted by molar-refractivity contribution is 0.101. The van der Waals surface area contributed by atoms with Gasteiger partial charge in [0, 0.05) is 23.9 Å². The smallest absolute Gasteiger partial charge is 0.203 e. The molecule has 29 heavy (non-hydrogen) atoms. The van der Waals surface area contributed by atoms with Gasteiger partial charge in [-0.1, -0.05) is 24.3 Å². The van der Waals surface area contributed by atoms with Gasteiger partial charge in [-0.25, -0.2) is 4.98 Å². The van der Waals surface area contributed by atoms with Gasteiger partial charge >= 0.3 is 0 Å². The number of carbonyl (C=O) groups is 1. The van der Waals surface area contributed by atoms with Gasteiger partial charge in [0.25, 0.3) is 0 Å². The van der Waals surface area contributed by atoms with Gasteiger partial charge in [-0.3, -0.25) is 4.79 Å². The number of nitrogens with one attached hydrogen (secondary N) is 1. The highest BCUT2D eigenvalue weighted by atomic mass is 16.5. The summed E-state index contributed by atoms with van der Waals surface area (Å²) in [6.45, 7) is 2.11. The number of hydrogen-bond donors (Lipinski definition) is 1. The van der Waals surface area contributed by atoms with Crippen LogP contribution < -0.4 is 19.5 Å². The molecular weight excluding hydrogens is 368 g/mol. The van der Waals surface area contributed by atoms with Crippen molar-refractivity contribution < 1.29 is 19.0 Å². The summed E-state index contributed by atoms with van der Waals surface area (Å²) in [6.07, 6.45) is 1.81. The van der Waals surface area contributed by atoms with Crippen LogP contribution in [0.4, 0.5) is 5.82 Å². The van der Waals surface area contributed by atoms with Crippen LogP contribution in [-0.4, -0.2) is 32.1 Å². The van der Waals surface area contributed by atoms with E-state index in [0.717, 1.165) is 22.5 Å². The van der Waals surface area contributed by atoms with E-state index >= 15 is 0 Å². The van der Waals surface area contributed by atoms with Crippen molar-refractivity contribution in [3.63, 3.8) is 0 Å². The maximum absolute atomic E-state index is 11.4. The molecule has 0 spiro atoms. The lowest BCUT2D eigenvalue weighted by Crippen LogP contribution is -2.03. The molecule has 1 heterocycles. The second-order valence-corrected chi connectivity index (χ2v) is 6.45. The Morgan fingerprint density at radius 3 is 2.00 bits per heavy atom. The molecule has 0 bridgehead atoms. The van der Waals surface area contributed by atoms with Gasteiger partial charge in [0.1, 0.15) is 5.82 Å². The predicted octanol–water partition coefficient (Wildman–Crippen LogP) is 4.59. The zero-order valence-corrected chi connectivity index (χ0v) is 17.0. The van der Waals surface area contributed by atoms with Gasteiger partial charge in [0.15, 0.2) is 17.3 Å². The third-order valence-electron chi connectivity index (χ3n) is 4.59. The molecule has 0 unspecified atom stereocenters. The molecule has 6 heteroatoms. The summed E-state index contributed by atoms with van der Waals surface area (Å²) in [7, 11) is 4.77. The molecule has 1 N–H and O–H groups in total. The first-order valence-electron chi connectivity index (χ1n) is 9.16. The topological polar surface area (TPSA) is 69.7 Å². The quantitative estimate of drug-likeness (QED) is 0.566. The largest absolute Gasteiger partial charge is 0.493 e. The summed E-state index contributed by atoms with van der Waals surface area (Å²) in [5.74, 6) is 2.60. The van der Waals surface area contributed by atoms with Gasteiger partial charge in [-0.2, -0.15) is 0 Å². The third-order valence-corrected chi connectivity index (χ3v) is 4.59. The first-order valence-corrected chi connectivity index (χ1v) is 9.16. The highest BCUT2D eigenvalue weighted by Crippen LogP contribution is 2.38. The number of ketones is 1. The monoisotopic (exact) mass is 392 g/mol. The van der Waals surface area contributed by atoms with E-state index in [9.17, 15) is 4.79 Å². The molecule has 0 atom stereocenters. The summed E-state index contributed by atoms with van der Waals surface area (Å²) < 4.78 is 16.1. The molecule has 0 aliphatic rings. The predicted molar refractivity (Wildman–Crippen MR) is 113 cm³/mol. The van der Waals surface area contributed by atoms with Crippen LogP contribution in [0.1, 0.15) is 22.8 Å². The number of benzene rings is 2. The van der Waals surface area contributed by atoms with E-state index in [-0.39, 0.29) is 5.78 Å². The summed E-state index contributed by atoms with van der Waals surface area (Å²) in [5, 5.41) is 3.30. The highest BCUT2D eigenvalue weighted by Gasteiger charge is 2.13. The number of hydrogen-bond acceptors (Lipinski definition) is 6. The average Bonchev–Trinajstić information content (AvgIpc) is 2.77. The van der Waals surface area contributed by atoms with Crippen LogP contribution >= 0.6 is 0 Å². The Hall–Kier alpha value is -3.54. The fourth-order valence-electron chi connectivity index (χ4n) is 3.00. The Kier molecular flexibility index (Phi) is 6.34. The Morgan fingerprint density at radius 2 is 1.52 bits per heavy atom. The fraction of sp³-hybridized carbons (Fsp3) is 0.217. The van der Waals surface area contributed by atoms with Crippen molar-refractivity contribution in [2.75, 3.05) is 26.6 Å². The standard InChI is InChI=1S/C23H24N2O4/c1-15(26)17-5-7-18(8-6-17)19-9-10-22(25-14-19)24-13-16-11-20(27-2)23(29-4)21(12-16)28-3/h5-12,14H,13H2,1-4H3,(H,24,25). The molecule has 3 rings (SSSR count). The van der Waals surface area contributed by atoms with Crippen LogP contribution in [0, 0.1) is 0 Å². The van der Waals surface area contributed by atoms with Crippen molar-refractivity contribution in [3.8, 4) is 28.4 Å². The third kappa shape index (κ3) is 4.66. The molecule has 3 aromatic rings. The molecule has 0 saturated carbocycles. The highest BCUT2D eigenvalue weighted by molar-refractivity contribution is 5.94. The van der Waals surface area contributed by atoms with Crippen LogP contribution in [0.15, 0.2) is 54.7 Å². The van der Waals surface area contributed by atoms with E-state index in [1.807, 2.05) is 48.5 Å². The lowest BCUT2D eigenvalue weighted by Gasteiger charge is -2.14. The number of carbonyl (C=O) groups excluding carboxylic acids is 1. The van der Waals surface area contributed by atoms with E-state index in [1.165, 1.54) is 0 Å². The molecule has 0 amide bonds. The van der Waals surface area contributed by atoms with E-state index in [4.69, 9.17) is 14.2 Å². The number of anilines is 1. The van der Waals surface area contributed by atoms with Gasteiger partial charge in [0.05, 0.1) is 21.3 Å². The second kappa shape index (κ2) is 9.10. The zero-order valence-electron chi connectivity index (χ0n) is 17.0. The van der Waals surface area contributed by atoms with E-state index in [0.29, 0.717) is 29.4 Å². The maximum atomic E-state index is 11.4. The van der Waals surface area contributed by atoms with Crippen molar-refractivity contribution in [2.45, 2.75) is 13.5 Å². The fourth-order valence-corrected chi connectivity index (χ4v) is 3.00.